The van der Waals surface area contributed by atoms with Crippen molar-refractivity contribution in [3.05, 3.63) is 40.2 Å². The molecule has 0 bridgehead atoms. The van der Waals surface area contributed by atoms with Crippen molar-refractivity contribution in [2.45, 2.75) is 31.3 Å². The van der Waals surface area contributed by atoms with Gasteiger partial charge in [0.05, 0.1) is 15.9 Å². The minimum atomic E-state index is -0.575. The van der Waals surface area contributed by atoms with Gasteiger partial charge in [-0.25, -0.2) is 4.79 Å². The molecule has 0 saturated carbocycles. The van der Waals surface area contributed by atoms with Gasteiger partial charge < -0.3 is 24.8 Å². The first-order valence-electron chi connectivity index (χ1n) is 10.4. The molecule has 2 aliphatic rings. The van der Waals surface area contributed by atoms with Crippen LogP contribution in [0.3, 0.4) is 0 Å². The molecule has 3 amide bonds. The van der Waals surface area contributed by atoms with Gasteiger partial charge in [0.2, 0.25) is 11.8 Å². The number of likely N-dealkylation sites (N-methyl/N-ethyl adjacent to an activating group) is 1. The van der Waals surface area contributed by atoms with Crippen molar-refractivity contribution in [1.29, 1.82) is 0 Å². The van der Waals surface area contributed by atoms with Gasteiger partial charge in [0.15, 0.2) is 5.06 Å². The average Bonchev–Trinajstić information content (AvgIpc) is 3.41. The lowest BCUT2D eigenvalue weighted by Crippen LogP contribution is -2.39. The zero-order valence-electron chi connectivity index (χ0n) is 17.9. The molecule has 10 heteroatoms. The van der Waals surface area contributed by atoms with Gasteiger partial charge in [-0.1, -0.05) is 11.3 Å². The Morgan fingerprint density at radius 2 is 1.88 bits per heavy atom. The highest BCUT2D eigenvalue weighted by Crippen LogP contribution is 2.31. The monoisotopic (exact) mass is 520 g/mol. The van der Waals surface area contributed by atoms with Crippen LogP contribution < -0.4 is 19.9 Å². The number of hydrogen-bond donors (Lipinski definition) is 1. The van der Waals surface area contributed by atoms with Crippen LogP contribution in [0.25, 0.3) is 0 Å². The Balaban J connectivity index is 1.38. The molecule has 4 rings (SSSR count). The molecule has 1 aromatic carbocycles. The molecule has 170 valence electrons. The highest BCUT2D eigenvalue weighted by molar-refractivity contribution is 9.11. The van der Waals surface area contributed by atoms with E-state index in [1.807, 2.05) is 43.3 Å². The van der Waals surface area contributed by atoms with Crippen LogP contribution in [-0.2, 0) is 9.59 Å². The van der Waals surface area contributed by atoms with Crippen LogP contribution in [0, 0.1) is 0 Å². The first kappa shape index (κ1) is 22.8. The standard InChI is InChI=1S/C22H25BrN4O4S/c1-25(2)13-17-7-9-19(28)27(17)16-5-3-15(4-6-16)26-12-14(11-20(26)29)24-22(30)31-21-10-8-18(23)32-21/h3-6,8,10,14,17H,7,9,11-13H2,1-2H3,(H,24,30). The third-order valence-electron chi connectivity index (χ3n) is 5.53. The third-order valence-corrected chi connectivity index (χ3v) is 7.03. The number of halogens is 1. The van der Waals surface area contributed by atoms with Crippen LogP contribution in [0.15, 0.2) is 40.2 Å². The maximum absolute atomic E-state index is 12.6. The van der Waals surface area contributed by atoms with Crippen molar-refractivity contribution in [3.8, 4) is 5.06 Å². The summed E-state index contributed by atoms with van der Waals surface area (Å²) in [4.78, 5) is 42.7. The van der Waals surface area contributed by atoms with Crippen molar-refractivity contribution in [2.24, 2.45) is 0 Å². The number of anilines is 2. The van der Waals surface area contributed by atoms with Crippen molar-refractivity contribution in [3.63, 3.8) is 0 Å². The van der Waals surface area contributed by atoms with E-state index in [0.717, 1.165) is 28.1 Å². The van der Waals surface area contributed by atoms with Gasteiger partial charge in [-0.2, -0.15) is 0 Å². The van der Waals surface area contributed by atoms with Crippen LogP contribution in [-0.4, -0.2) is 62.1 Å². The maximum Gasteiger partial charge on any atom is 0.413 e. The quantitative estimate of drug-likeness (QED) is 0.630. The molecule has 2 fully saturated rings. The van der Waals surface area contributed by atoms with E-state index in [9.17, 15) is 14.4 Å². The second-order valence-corrected chi connectivity index (χ2v) is 10.7. The summed E-state index contributed by atoms with van der Waals surface area (Å²) < 4.78 is 6.13. The number of rotatable bonds is 6. The Hall–Kier alpha value is -2.43. The van der Waals surface area contributed by atoms with Gasteiger partial charge in [0.25, 0.3) is 0 Å². The lowest BCUT2D eigenvalue weighted by Gasteiger charge is -2.28. The number of carbonyl (C=O) groups is 3. The van der Waals surface area contributed by atoms with E-state index >= 15 is 0 Å². The number of nitrogens with zero attached hydrogens (tertiary/aromatic N) is 3. The minimum absolute atomic E-state index is 0.0651. The largest absolute Gasteiger partial charge is 0.413 e. The number of nitrogens with one attached hydrogen (secondary N) is 1. The summed E-state index contributed by atoms with van der Waals surface area (Å²) in [7, 11) is 4.01. The SMILES string of the molecule is CN(C)CC1CCC(=O)N1c1ccc(N2CC(NC(=O)Oc3ccc(Br)s3)CC2=O)cc1. The summed E-state index contributed by atoms with van der Waals surface area (Å²) in [5.74, 6) is 0.0621. The summed E-state index contributed by atoms with van der Waals surface area (Å²) in [6, 6.07) is 10.8. The van der Waals surface area contributed by atoms with Gasteiger partial charge in [-0.05, 0) is 72.8 Å². The topological polar surface area (TPSA) is 82.2 Å². The number of carbonyl (C=O) groups excluding carboxylic acids is 3. The molecule has 2 unspecified atom stereocenters. The van der Waals surface area contributed by atoms with E-state index in [-0.39, 0.29) is 30.3 Å². The molecule has 0 spiro atoms. The predicted molar refractivity (Wildman–Crippen MR) is 127 cm³/mol. The van der Waals surface area contributed by atoms with Crippen molar-refractivity contribution in [1.82, 2.24) is 10.2 Å². The Morgan fingerprint density at radius 3 is 2.53 bits per heavy atom. The summed E-state index contributed by atoms with van der Waals surface area (Å²) in [6.45, 7) is 1.18. The molecule has 32 heavy (non-hydrogen) atoms. The second-order valence-electron chi connectivity index (χ2n) is 8.23. The van der Waals surface area contributed by atoms with Gasteiger partial charge in [-0.15, -0.1) is 0 Å². The lowest BCUT2D eigenvalue weighted by atomic mass is 10.2. The lowest BCUT2D eigenvalue weighted by molar-refractivity contribution is -0.118. The normalized spacial score (nSPS) is 21.0. The number of benzene rings is 1. The molecule has 8 nitrogen and oxygen atoms in total. The highest BCUT2D eigenvalue weighted by Gasteiger charge is 2.34. The Bertz CT molecular complexity index is 1010. The highest BCUT2D eigenvalue weighted by atomic mass is 79.9. The van der Waals surface area contributed by atoms with Gasteiger partial charge in [-0.3, -0.25) is 9.59 Å². The van der Waals surface area contributed by atoms with E-state index in [1.165, 1.54) is 11.3 Å². The third kappa shape index (κ3) is 5.13. The fourth-order valence-corrected chi connectivity index (χ4v) is 5.37. The Labute approximate surface area is 199 Å². The van der Waals surface area contributed by atoms with E-state index in [0.29, 0.717) is 18.0 Å². The van der Waals surface area contributed by atoms with Crippen LogP contribution >= 0.6 is 27.3 Å². The Morgan fingerprint density at radius 1 is 1.16 bits per heavy atom. The number of thiophene rings is 1. The van der Waals surface area contributed by atoms with Gasteiger partial charge in [0.1, 0.15) is 0 Å². The number of amides is 3. The van der Waals surface area contributed by atoms with Crippen LogP contribution in [0.2, 0.25) is 0 Å². The minimum Gasteiger partial charge on any atom is -0.399 e. The van der Waals surface area contributed by atoms with E-state index in [4.69, 9.17) is 4.74 Å². The zero-order valence-corrected chi connectivity index (χ0v) is 20.3. The molecule has 2 aliphatic heterocycles. The summed E-state index contributed by atoms with van der Waals surface area (Å²) in [5.41, 5.74) is 1.59. The summed E-state index contributed by atoms with van der Waals surface area (Å²) >= 11 is 4.64. The maximum atomic E-state index is 12.6. The van der Waals surface area contributed by atoms with E-state index < -0.39 is 6.09 Å². The molecule has 2 saturated heterocycles. The summed E-state index contributed by atoms with van der Waals surface area (Å²) in [5, 5.41) is 3.24. The molecule has 1 aromatic heterocycles. The van der Waals surface area contributed by atoms with Crippen LogP contribution in [0.1, 0.15) is 19.3 Å². The van der Waals surface area contributed by atoms with Crippen molar-refractivity contribution >= 4 is 56.5 Å². The second kappa shape index (κ2) is 9.60. The first-order valence-corrected chi connectivity index (χ1v) is 12.0. The molecule has 2 atom stereocenters. The van der Waals surface area contributed by atoms with Crippen molar-refractivity contribution < 1.29 is 19.1 Å². The predicted octanol–water partition coefficient (Wildman–Crippen LogP) is 3.46. The molecule has 2 aromatic rings. The Kier molecular flexibility index (Phi) is 6.82. The van der Waals surface area contributed by atoms with Gasteiger partial charge >= 0.3 is 6.09 Å². The van der Waals surface area contributed by atoms with E-state index in [1.54, 1.807) is 17.0 Å². The van der Waals surface area contributed by atoms with Gasteiger partial charge in [0, 0.05) is 37.3 Å². The molecule has 1 N–H and O–H groups in total. The van der Waals surface area contributed by atoms with Crippen LogP contribution in [0.5, 0.6) is 5.06 Å². The fraction of sp³-hybridized carbons (Fsp3) is 0.409. The first-order chi connectivity index (χ1) is 15.3. The fourth-order valence-electron chi connectivity index (χ4n) is 4.18. The smallest absolute Gasteiger partial charge is 0.399 e. The number of ether oxygens (including phenoxy) is 1. The molecule has 0 radical (unpaired) electrons. The van der Waals surface area contributed by atoms with E-state index in [2.05, 4.69) is 26.1 Å². The van der Waals surface area contributed by atoms with Crippen molar-refractivity contribution in [2.75, 3.05) is 37.0 Å². The zero-order chi connectivity index (χ0) is 22.8. The molecular formula is C22H25BrN4O4S. The summed E-state index contributed by atoms with van der Waals surface area (Å²) in [6.07, 6.45) is 1.03. The molecule has 0 aliphatic carbocycles. The number of hydrogen-bond acceptors (Lipinski definition) is 6. The van der Waals surface area contributed by atoms with Crippen LogP contribution in [0.4, 0.5) is 16.2 Å². The molecule has 3 heterocycles. The molecular weight excluding hydrogens is 496 g/mol. The average molecular weight is 521 g/mol.